The molecule has 0 unspecified atom stereocenters. The highest BCUT2D eigenvalue weighted by Crippen LogP contribution is 2.13. The second kappa shape index (κ2) is 9.02. The molecule has 2 heterocycles. The highest BCUT2D eigenvalue weighted by atomic mass is 35.5. The molecule has 1 aromatic rings. The highest BCUT2D eigenvalue weighted by Gasteiger charge is 2.23. The molecule has 5 nitrogen and oxygen atoms in total. The number of nitrogens with zero attached hydrogens (tertiary/aromatic N) is 1. The molecular weight excluding hydrogens is 310 g/mol. The number of carbonyl (C=O) groups is 2. The van der Waals surface area contributed by atoms with Crippen LogP contribution in [0.2, 0.25) is 0 Å². The number of nitrogens with one attached hydrogen (secondary N) is 2. The lowest BCUT2D eigenvalue weighted by molar-refractivity contribution is -0.132. The van der Waals surface area contributed by atoms with E-state index in [1.54, 1.807) is 0 Å². The van der Waals surface area contributed by atoms with Crippen molar-refractivity contribution < 1.29 is 9.59 Å². The molecule has 0 atom stereocenters. The first-order valence-electron chi connectivity index (χ1n) is 6.96. The van der Waals surface area contributed by atoms with Gasteiger partial charge in [-0.05, 0) is 31.3 Å². The van der Waals surface area contributed by atoms with Crippen LogP contribution in [0.5, 0.6) is 0 Å². The summed E-state index contributed by atoms with van der Waals surface area (Å²) in [7, 11) is 1.85. The molecule has 1 aliphatic rings. The summed E-state index contributed by atoms with van der Waals surface area (Å²) < 4.78 is 0. The summed E-state index contributed by atoms with van der Waals surface area (Å²) >= 11 is 1.52. The molecule has 2 amide bonds. The SMILES string of the molecule is CNCCC(=O)N1CCC(NC(=O)c2ccsc2)CC1.Cl. The normalized spacial score (nSPS) is 15.4. The maximum Gasteiger partial charge on any atom is 0.252 e. The third-order valence-corrected chi connectivity index (χ3v) is 4.24. The summed E-state index contributed by atoms with van der Waals surface area (Å²) in [6, 6.07) is 2.01. The Morgan fingerprint density at radius 3 is 2.67 bits per heavy atom. The van der Waals surface area contributed by atoms with Crippen molar-refractivity contribution in [3.63, 3.8) is 0 Å². The van der Waals surface area contributed by atoms with Gasteiger partial charge in [-0.15, -0.1) is 12.4 Å². The molecular formula is C14H22ClN3O2S. The van der Waals surface area contributed by atoms with Gasteiger partial charge in [-0.1, -0.05) is 0 Å². The Balaban J connectivity index is 0.00000220. The van der Waals surface area contributed by atoms with E-state index in [4.69, 9.17) is 0 Å². The largest absolute Gasteiger partial charge is 0.349 e. The van der Waals surface area contributed by atoms with Gasteiger partial charge in [0.25, 0.3) is 5.91 Å². The van der Waals surface area contributed by atoms with Gasteiger partial charge in [-0.25, -0.2) is 0 Å². The third kappa shape index (κ3) is 5.30. The molecule has 1 saturated heterocycles. The van der Waals surface area contributed by atoms with Crippen LogP contribution >= 0.6 is 23.7 Å². The van der Waals surface area contributed by atoms with E-state index in [1.807, 2.05) is 28.8 Å². The highest BCUT2D eigenvalue weighted by molar-refractivity contribution is 7.08. The fourth-order valence-electron chi connectivity index (χ4n) is 2.33. The first kappa shape index (κ1) is 17.9. The summed E-state index contributed by atoms with van der Waals surface area (Å²) in [5.74, 6) is 0.188. The average Bonchev–Trinajstić information content (AvgIpc) is 3.00. The number of hydrogen-bond acceptors (Lipinski definition) is 4. The van der Waals surface area contributed by atoms with E-state index in [1.165, 1.54) is 11.3 Å². The third-order valence-electron chi connectivity index (χ3n) is 3.56. The van der Waals surface area contributed by atoms with Crippen molar-refractivity contribution in [3.8, 4) is 0 Å². The lowest BCUT2D eigenvalue weighted by atomic mass is 10.0. The Morgan fingerprint density at radius 2 is 2.10 bits per heavy atom. The van der Waals surface area contributed by atoms with Gasteiger partial charge in [0.2, 0.25) is 5.91 Å². The lowest BCUT2D eigenvalue weighted by Gasteiger charge is -2.32. The van der Waals surface area contributed by atoms with Gasteiger partial charge in [0, 0.05) is 43.0 Å². The Bertz CT molecular complexity index is 445. The van der Waals surface area contributed by atoms with Crippen LogP contribution in [-0.4, -0.2) is 49.4 Å². The van der Waals surface area contributed by atoms with E-state index in [0.29, 0.717) is 13.0 Å². The molecule has 0 aromatic carbocycles. The molecule has 0 spiro atoms. The molecule has 2 rings (SSSR count). The molecule has 1 aliphatic heterocycles. The Labute approximate surface area is 135 Å². The van der Waals surface area contributed by atoms with Crippen molar-refractivity contribution in [2.45, 2.75) is 25.3 Å². The minimum Gasteiger partial charge on any atom is -0.349 e. The van der Waals surface area contributed by atoms with Crippen molar-refractivity contribution >= 4 is 35.6 Å². The van der Waals surface area contributed by atoms with E-state index >= 15 is 0 Å². The number of hydrogen-bond donors (Lipinski definition) is 2. The van der Waals surface area contributed by atoms with E-state index in [-0.39, 0.29) is 30.3 Å². The zero-order valence-corrected chi connectivity index (χ0v) is 13.8. The minimum atomic E-state index is -0.00814. The summed E-state index contributed by atoms with van der Waals surface area (Å²) in [5, 5.41) is 9.78. The van der Waals surface area contributed by atoms with Crippen molar-refractivity contribution in [1.29, 1.82) is 0 Å². The van der Waals surface area contributed by atoms with Gasteiger partial charge in [-0.3, -0.25) is 9.59 Å². The molecule has 1 aromatic heterocycles. The number of rotatable bonds is 5. The number of likely N-dealkylation sites (tertiary alicyclic amines) is 1. The van der Waals surface area contributed by atoms with Crippen LogP contribution in [-0.2, 0) is 4.79 Å². The van der Waals surface area contributed by atoms with Crippen molar-refractivity contribution in [2.24, 2.45) is 0 Å². The summed E-state index contributed by atoms with van der Waals surface area (Å²) in [4.78, 5) is 25.7. The Hall–Kier alpha value is -1.11. The number of carbonyl (C=O) groups excluding carboxylic acids is 2. The van der Waals surface area contributed by atoms with Crippen LogP contribution in [0.1, 0.15) is 29.6 Å². The maximum atomic E-state index is 11.9. The summed E-state index contributed by atoms with van der Waals surface area (Å²) in [5.41, 5.74) is 0.725. The van der Waals surface area contributed by atoms with Crippen LogP contribution < -0.4 is 10.6 Å². The average molecular weight is 332 g/mol. The molecule has 0 bridgehead atoms. The smallest absolute Gasteiger partial charge is 0.252 e. The van der Waals surface area contributed by atoms with Crippen LogP contribution in [0.25, 0.3) is 0 Å². The molecule has 0 radical (unpaired) electrons. The summed E-state index contributed by atoms with van der Waals surface area (Å²) in [6.07, 6.45) is 2.21. The predicted molar refractivity (Wildman–Crippen MR) is 87.2 cm³/mol. The van der Waals surface area contributed by atoms with Gasteiger partial charge < -0.3 is 15.5 Å². The fraction of sp³-hybridized carbons (Fsp3) is 0.571. The second-order valence-corrected chi connectivity index (χ2v) is 5.77. The number of thiophene rings is 1. The zero-order valence-electron chi connectivity index (χ0n) is 12.1. The number of halogens is 1. The quantitative estimate of drug-likeness (QED) is 0.859. The molecule has 7 heteroatoms. The van der Waals surface area contributed by atoms with Crippen LogP contribution in [0.3, 0.4) is 0 Å². The molecule has 1 fully saturated rings. The van der Waals surface area contributed by atoms with Gasteiger partial charge in [0.05, 0.1) is 0 Å². The van der Waals surface area contributed by atoms with Gasteiger partial charge in [0.1, 0.15) is 0 Å². The zero-order chi connectivity index (χ0) is 14.4. The molecule has 2 N–H and O–H groups in total. The van der Waals surface area contributed by atoms with Crippen LogP contribution in [0.4, 0.5) is 0 Å². The lowest BCUT2D eigenvalue weighted by Crippen LogP contribution is -2.46. The predicted octanol–water partition coefficient (Wildman–Crippen LogP) is 1.50. The molecule has 21 heavy (non-hydrogen) atoms. The van der Waals surface area contributed by atoms with Gasteiger partial charge in [0.15, 0.2) is 0 Å². The van der Waals surface area contributed by atoms with Crippen molar-refractivity contribution in [3.05, 3.63) is 22.4 Å². The van der Waals surface area contributed by atoms with E-state index in [9.17, 15) is 9.59 Å². The van der Waals surface area contributed by atoms with Crippen molar-refractivity contribution in [2.75, 3.05) is 26.7 Å². The number of piperidine rings is 1. The van der Waals surface area contributed by atoms with Crippen molar-refractivity contribution in [1.82, 2.24) is 15.5 Å². The fourth-order valence-corrected chi connectivity index (χ4v) is 2.96. The van der Waals surface area contributed by atoms with Gasteiger partial charge in [-0.2, -0.15) is 11.3 Å². The molecule has 0 saturated carbocycles. The standard InChI is InChI=1S/C14H21N3O2S.ClH/c1-15-6-2-13(18)17-7-3-12(4-8-17)16-14(19)11-5-9-20-10-11;/h5,9-10,12,15H,2-4,6-8H2,1H3,(H,16,19);1H. The Morgan fingerprint density at radius 1 is 1.38 bits per heavy atom. The van der Waals surface area contributed by atoms with Crippen LogP contribution in [0.15, 0.2) is 16.8 Å². The first-order chi connectivity index (χ1) is 9.70. The van der Waals surface area contributed by atoms with Gasteiger partial charge >= 0.3 is 0 Å². The van der Waals surface area contributed by atoms with E-state index in [0.717, 1.165) is 31.5 Å². The monoisotopic (exact) mass is 331 g/mol. The van der Waals surface area contributed by atoms with Crippen LogP contribution in [0, 0.1) is 0 Å². The number of amides is 2. The molecule has 118 valence electrons. The topological polar surface area (TPSA) is 61.4 Å². The summed E-state index contributed by atoms with van der Waals surface area (Å²) in [6.45, 7) is 2.18. The Kier molecular flexibility index (Phi) is 7.71. The van der Waals surface area contributed by atoms with E-state index < -0.39 is 0 Å². The van der Waals surface area contributed by atoms with E-state index in [2.05, 4.69) is 10.6 Å². The minimum absolute atomic E-state index is 0. The molecule has 0 aliphatic carbocycles. The maximum absolute atomic E-state index is 11.9. The first-order valence-corrected chi connectivity index (χ1v) is 7.90. The second-order valence-electron chi connectivity index (χ2n) is 4.99.